The first-order valence-electron chi connectivity index (χ1n) is 4.13. The molecule has 2 aromatic rings. The van der Waals surface area contributed by atoms with Crippen LogP contribution < -0.4 is 10.8 Å². The van der Waals surface area contributed by atoms with Crippen molar-refractivity contribution in [2.45, 2.75) is 11.8 Å². The average molecular weight is 227 g/mol. The van der Waals surface area contributed by atoms with Crippen LogP contribution in [0.25, 0.3) is 11.0 Å². The smallest absolute Gasteiger partial charge is 0.306 e. The Bertz CT molecular complexity index is 681. The van der Waals surface area contributed by atoms with Crippen molar-refractivity contribution in [2.75, 3.05) is 0 Å². The fourth-order valence-corrected chi connectivity index (χ4v) is 2.27. The summed E-state index contributed by atoms with van der Waals surface area (Å²) in [7, 11) is -3.75. The van der Waals surface area contributed by atoms with Gasteiger partial charge in [0.15, 0.2) is 0 Å². The minimum Gasteiger partial charge on any atom is -0.306 e. The average Bonchev–Trinajstić information content (AvgIpc) is 2.40. The molecule has 0 fully saturated rings. The number of hydrogen-bond donors (Lipinski definition) is 3. The summed E-state index contributed by atoms with van der Waals surface area (Å²) in [6.07, 6.45) is 0. The summed E-state index contributed by atoms with van der Waals surface area (Å²) in [6.45, 7) is 1.62. The van der Waals surface area contributed by atoms with Gasteiger partial charge in [-0.1, -0.05) is 0 Å². The van der Waals surface area contributed by atoms with Crippen LogP contribution in [0.15, 0.2) is 21.8 Å². The second-order valence-corrected chi connectivity index (χ2v) is 4.82. The molecule has 80 valence electrons. The lowest BCUT2D eigenvalue weighted by Gasteiger charge is -2.02. The summed E-state index contributed by atoms with van der Waals surface area (Å²) in [6, 6.07) is 2.91. The van der Waals surface area contributed by atoms with Gasteiger partial charge in [-0.2, -0.15) is 0 Å². The molecule has 15 heavy (non-hydrogen) atoms. The van der Waals surface area contributed by atoms with Gasteiger partial charge in [0, 0.05) is 0 Å². The molecule has 0 radical (unpaired) electrons. The van der Waals surface area contributed by atoms with Crippen LogP contribution in [0.1, 0.15) is 5.56 Å². The maximum Gasteiger partial charge on any atom is 0.323 e. The number of nitrogens with two attached hydrogens (primary N) is 1. The molecule has 0 saturated heterocycles. The molecule has 0 aliphatic carbocycles. The van der Waals surface area contributed by atoms with Gasteiger partial charge in [0.25, 0.3) is 0 Å². The minimum absolute atomic E-state index is 0.0188. The number of rotatable bonds is 1. The Morgan fingerprint density at radius 3 is 2.27 bits per heavy atom. The van der Waals surface area contributed by atoms with E-state index in [1.807, 2.05) is 0 Å². The zero-order valence-electron chi connectivity index (χ0n) is 7.87. The number of hydrogen-bond acceptors (Lipinski definition) is 3. The van der Waals surface area contributed by atoms with E-state index in [0.29, 0.717) is 16.6 Å². The summed E-state index contributed by atoms with van der Waals surface area (Å²) in [4.78, 5) is 16.0. The molecule has 0 amide bonds. The Morgan fingerprint density at radius 2 is 1.73 bits per heavy atom. The van der Waals surface area contributed by atoms with Crippen molar-refractivity contribution in [2.24, 2.45) is 5.14 Å². The number of benzene rings is 1. The second kappa shape index (κ2) is 2.94. The van der Waals surface area contributed by atoms with E-state index in [9.17, 15) is 13.2 Å². The molecule has 1 aromatic carbocycles. The van der Waals surface area contributed by atoms with Gasteiger partial charge in [-0.25, -0.2) is 18.4 Å². The molecular weight excluding hydrogens is 218 g/mol. The van der Waals surface area contributed by atoms with Crippen molar-refractivity contribution in [3.63, 3.8) is 0 Å². The van der Waals surface area contributed by atoms with E-state index in [1.54, 1.807) is 13.0 Å². The highest BCUT2D eigenvalue weighted by molar-refractivity contribution is 7.89. The summed E-state index contributed by atoms with van der Waals surface area (Å²) >= 11 is 0. The van der Waals surface area contributed by atoms with E-state index in [-0.39, 0.29) is 10.6 Å². The van der Waals surface area contributed by atoms with Gasteiger partial charge in [0.05, 0.1) is 15.9 Å². The van der Waals surface area contributed by atoms with Gasteiger partial charge in [-0.3, -0.25) is 0 Å². The van der Waals surface area contributed by atoms with Crippen LogP contribution in [-0.2, 0) is 10.0 Å². The third-order valence-corrected chi connectivity index (χ3v) is 3.17. The lowest BCUT2D eigenvalue weighted by molar-refractivity contribution is 0.597. The van der Waals surface area contributed by atoms with E-state index in [1.165, 1.54) is 6.07 Å². The topological polar surface area (TPSA) is 109 Å². The minimum atomic E-state index is -3.75. The second-order valence-electron chi connectivity index (χ2n) is 3.29. The van der Waals surface area contributed by atoms with Gasteiger partial charge in [0.2, 0.25) is 10.0 Å². The zero-order valence-corrected chi connectivity index (χ0v) is 8.68. The van der Waals surface area contributed by atoms with Crippen LogP contribution >= 0.6 is 0 Å². The molecule has 1 aromatic heterocycles. The highest BCUT2D eigenvalue weighted by Gasteiger charge is 2.13. The number of imidazole rings is 1. The third kappa shape index (κ3) is 1.66. The summed E-state index contributed by atoms with van der Waals surface area (Å²) in [5, 5.41) is 5.03. The molecule has 1 heterocycles. The molecule has 6 nitrogen and oxygen atoms in total. The number of primary sulfonamides is 1. The van der Waals surface area contributed by atoms with Crippen LogP contribution in [0, 0.1) is 6.92 Å². The van der Waals surface area contributed by atoms with Crippen molar-refractivity contribution in [3.8, 4) is 0 Å². The van der Waals surface area contributed by atoms with E-state index in [4.69, 9.17) is 5.14 Å². The maximum absolute atomic E-state index is 11.2. The first-order valence-corrected chi connectivity index (χ1v) is 5.68. The number of H-pyrrole nitrogens is 2. The standard InChI is InChI=1S/C8H9N3O3S/c1-4-2-5-6(11-8(12)10-5)3-7(4)15(9,13)14/h2-3H,1H3,(H2,9,13,14)(H2,10,11,12). The van der Waals surface area contributed by atoms with Crippen LogP contribution in [0.2, 0.25) is 0 Å². The largest absolute Gasteiger partial charge is 0.323 e. The Balaban J connectivity index is 2.89. The van der Waals surface area contributed by atoms with Crippen molar-refractivity contribution in [1.29, 1.82) is 0 Å². The van der Waals surface area contributed by atoms with Gasteiger partial charge >= 0.3 is 5.69 Å². The lowest BCUT2D eigenvalue weighted by atomic mass is 10.2. The number of fused-ring (bicyclic) bond motifs is 1. The molecule has 0 aliphatic rings. The number of aryl methyl sites for hydroxylation is 1. The zero-order chi connectivity index (χ0) is 11.2. The van der Waals surface area contributed by atoms with Crippen molar-refractivity contribution >= 4 is 21.1 Å². The number of aromatic nitrogens is 2. The van der Waals surface area contributed by atoms with Gasteiger partial charge < -0.3 is 9.97 Å². The highest BCUT2D eigenvalue weighted by atomic mass is 32.2. The third-order valence-electron chi connectivity index (χ3n) is 2.12. The predicted molar refractivity (Wildman–Crippen MR) is 55.0 cm³/mol. The number of nitrogens with one attached hydrogen (secondary N) is 2. The molecule has 0 saturated carbocycles. The molecule has 7 heteroatoms. The van der Waals surface area contributed by atoms with Crippen LogP contribution in [0.4, 0.5) is 0 Å². The van der Waals surface area contributed by atoms with Gasteiger partial charge in [-0.15, -0.1) is 0 Å². The van der Waals surface area contributed by atoms with Crippen molar-refractivity contribution in [3.05, 3.63) is 28.2 Å². The SMILES string of the molecule is Cc1cc2[nH]c(=O)[nH]c2cc1S(N)(=O)=O. The van der Waals surface area contributed by atoms with E-state index >= 15 is 0 Å². The Morgan fingerprint density at radius 1 is 1.20 bits per heavy atom. The molecule has 0 bridgehead atoms. The Labute approximate surface area is 85.2 Å². The van der Waals surface area contributed by atoms with E-state index in [0.717, 1.165) is 0 Å². The van der Waals surface area contributed by atoms with Crippen LogP contribution in [0.5, 0.6) is 0 Å². The molecule has 4 N–H and O–H groups in total. The van der Waals surface area contributed by atoms with E-state index in [2.05, 4.69) is 9.97 Å². The van der Waals surface area contributed by atoms with Gasteiger partial charge in [0.1, 0.15) is 0 Å². The molecule has 2 rings (SSSR count). The Hall–Kier alpha value is -1.60. The van der Waals surface area contributed by atoms with Crippen LogP contribution in [0.3, 0.4) is 0 Å². The fourth-order valence-electron chi connectivity index (χ4n) is 1.48. The first kappa shape index (κ1) is 9.94. The molecule has 0 atom stereocenters. The number of aromatic amines is 2. The summed E-state index contributed by atoms with van der Waals surface area (Å²) in [5.41, 5.74) is 1.11. The Kier molecular flexibility index (Phi) is 1.95. The van der Waals surface area contributed by atoms with Crippen LogP contribution in [-0.4, -0.2) is 18.4 Å². The lowest BCUT2D eigenvalue weighted by Crippen LogP contribution is -2.13. The van der Waals surface area contributed by atoms with Gasteiger partial charge in [-0.05, 0) is 24.6 Å². The first-order chi connectivity index (χ1) is 6.88. The molecule has 0 unspecified atom stereocenters. The monoisotopic (exact) mass is 227 g/mol. The normalized spacial score (nSPS) is 12.1. The molecular formula is C8H9N3O3S. The molecule has 0 aliphatic heterocycles. The highest BCUT2D eigenvalue weighted by Crippen LogP contribution is 2.18. The summed E-state index contributed by atoms with van der Waals surface area (Å²) in [5.74, 6) is 0. The predicted octanol–water partition coefficient (Wildman–Crippen LogP) is -0.188. The van der Waals surface area contributed by atoms with Crippen molar-refractivity contribution in [1.82, 2.24) is 9.97 Å². The van der Waals surface area contributed by atoms with E-state index < -0.39 is 10.0 Å². The van der Waals surface area contributed by atoms with Crippen molar-refractivity contribution < 1.29 is 8.42 Å². The quantitative estimate of drug-likeness (QED) is 0.628. The maximum atomic E-state index is 11.2. The summed E-state index contributed by atoms with van der Waals surface area (Å²) < 4.78 is 22.4. The molecule has 0 spiro atoms. The number of sulfonamides is 1. The fraction of sp³-hybridized carbons (Fsp3) is 0.125.